The quantitative estimate of drug-likeness (QED) is 0.483. The number of nitrogens with one attached hydrogen (secondary N) is 1. The monoisotopic (exact) mass is 372 g/mol. The van der Waals surface area contributed by atoms with Crippen LogP contribution in [0.1, 0.15) is 45.4 Å². The largest absolute Gasteiger partial charge is 0.452 e. The van der Waals surface area contributed by atoms with Crippen LogP contribution < -0.4 is 5.32 Å². The number of esters is 1. The van der Waals surface area contributed by atoms with E-state index in [1.807, 2.05) is 0 Å². The molecule has 7 nitrogen and oxygen atoms in total. The third kappa shape index (κ3) is 3.42. The van der Waals surface area contributed by atoms with E-state index in [1.54, 1.807) is 13.0 Å². The Morgan fingerprint density at radius 1 is 1.19 bits per heavy atom. The topological polar surface area (TPSA) is 98.5 Å². The summed E-state index contributed by atoms with van der Waals surface area (Å²) in [7, 11) is 0. The van der Waals surface area contributed by atoms with Crippen LogP contribution in [0.5, 0.6) is 0 Å². The smallest absolute Gasteiger partial charge is 0.312 e. The number of non-ortho nitro benzene ring substituents is 1. The molecule has 0 radical (unpaired) electrons. The second-order valence-corrected chi connectivity index (χ2v) is 8.54. The SMILES string of the molecule is CC(OC(=O)C12CC3CC(CC(C3)C1)C2)C(=O)Nc1cccc([N+](=O)[O-])c1. The Morgan fingerprint density at radius 3 is 2.33 bits per heavy atom. The molecule has 1 amide bonds. The van der Waals surface area contributed by atoms with Crippen molar-refractivity contribution >= 4 is 23.3 Å². The third-order valence-corrected chi connectivity index (χ3v) is 6.45. The number of anilines is 1. The Labute approximate surface area is 157 Å². The lowest BCUT2D eigenvalue weighted by Gasteiger charge is -2.55. The van der Waals surface area contributed by atoms with Crippen LogP contribution in [0, 0.1) is 33.3 Å². The Morgan fingerprint density at radius 2 is 1.78 bits per heavy atom. The van der Waals surface area contributed by atoms with Crippen LogP contribution in [-0.2, 0) is 14.3 Å². The minimum Gasteiger partial charge on any atom is -0.452 e. The molecule has 1 N–H and O–H groups in total. The Bertz CT molecular complexity index is 755. The number of hydrogen-bond donors (Lipinski definition) is 1. The Hall–Kier alpha value is -2.44. The molecule has 0 spiro atoms. The van der Waals surface area contributed by atoms with E-state index in [4.69, 9.17) is 4.74 Å². The summed E-state index contributed by atoms with van der Waals surface area (Å²) in [6.45, 7) is 1.55. The molecule has 0 aliphatic heterocycles. The van der Waals surface area contributed by atoms with Crippen molar-refractivity contribution in [2.24, 2.45) is 23.2 Å². The summed E-state index contributed by atoms with van der Waals surface area (Å²) in [6, 6.07) is 5.70. The number of nitro benzene ring substituents is 1. The zero-order valence-corrected chi connectivity index (χ0v) is 15.3. The normalized spacial score (nSPS) is 32.0. The maximum absolute atomic E-state index is 12.9. The number of amides is 1. The molecule has 1 aromatic carbocycles. The molecular weight excluding hydrogens is 348 g/mol. The van der Waals surface area contributed by atoms with Crippen LogP contribution in [0.2, 0.25) is 0 Å². The lowest BCUT2D eigenvalue weighted by atomic mass is 9.49. The highest BCUT2D eigenvalue weighted by molar-refractivity contribution is 5.95. The van der Waals surface area contributed by atoms with E-state index in [-0.39, 0.29) is 11.7 Å². The van der Waals surface area contributed by atoms with Crippen molar-refractivity contribution < 1.29 is 19.2 Å². The number of hydrogen-bond acceptors (Lipinski definition) is 5. The molecule has 4 saturated carbocycles. The van der Waals surface area contributed by atoms with E-state index in [0.717, 1.165) is 19.3 Å². The van der Waals surface area contributed by atoms with Gasteiger partial charge >= 0.3 is 5.97 Å². The van der Waals surface area contributed by atoms with E-state index in [0.29, 0.717) is 23.4 Å². The van der Waals surface area contributed by atoms with Crippen LogP contribution >= 0.6 is 0 Å². The van der Waals surface area contributed by atoms with Crippen molar-refractivity contribution in [3.63, 3.8) is 0 Å². The molecule has 144 valence electrons. The maximum atomic E-state index is 12.9. The molecule has 0 aromatic heterocycles. The molecule has 7 heteroatoms. The minimum atomic E-state index is -0.940. The molecule has 5 rings (SSSR count). The summed E-state index contributed by atoms with van der Waals surface area (Å²) in [5.74, 6) is 1.14. The average molecular weight is 372 g/mol. The fourth-order valence-electron chi connectivity index (χ4n) is 5.64. The molecule has 0 saturated heterocycles. The average Bonchev–Trinajstić information content (AvgIpc) is 2.60. The van der Waals surface area contributed by atoms with Gasteiger partial charge in [-0.1, -0.05) is 6.07 Å². The molecule has 4 aliphatic carbocycles. The van der Waals surface area contributed by atoms with Gasteiger partial charge in [0.1, 0.15) is 0 Å². The van der Waals surface area contributed by atoms with E-state index in [1.165, 1.54) is 37.5 Å². The molecule has 27 heavy (non-hydrogen) atoms. The molecular formula is C20H24N2O5. The molecule has 4 bridgehead atoms. The number of nitro groups is 1. The molecule has 4 fully saturated rings. The van der Waals surface area contributed by atoms with Crippen molar-refractivity contribution in [3.05, 3.63) is 34.4 Å². The Balaban J connectivity index is 1.39. The molecule has 1 aromatic rings. The van der Waals surface area contributed by atoms with Crippen molar-refractivity contribution in [1.29, 1.82) is 0 Å². The van der Waals surface area contributed by atoms with Crippen molar-refractivity contribution in [1.82, 2.24) is 0 Å². The third-order valence-electron chi connectivity index (χ3n) is 6.45. The molecule has 0 heterocycles. The van der Waals surface area contributed by atoms with Gasteiger partial charge in [-0.3, -0.25) is 19.7 Å². The van der Waals surface area contributed by atoms with E-state index in [2.05, 4.69) is 5.32 Å². The van der Waals surface area contributed by atoms with Crippen LogP contribution in [0.25, 0.3) is 0 Å². The van der Waals surface area contributed by atoms with E-state index in [9.17, 15) is 19.7 Å². The van der Waals surface area contributed by atoms with Gasteiger partial charge in [-0.15, -0.1) is 0 Å². The van der Waals surface area contributed by atoms with Crippen molar-refractivity contribution in [3.8, 4) is 0 Å². The number of carbonyl (C=O) groups excluding carboxylic acids is 2. The second-order valence-electron chi connectivity index (χ2n) is 8.54. The molecule has 1 unspecified atom stereocenters. The number of benzene rings is 1. The van der Waals surface area contributed by atoms with E-state index < -0.39 is 22.3 Å². The molecule has 4 aliphatic rings. The van der Waals surface area contributed by atoms with Gasteiger partial charge < -0.3 is 10.1 Å². The highest BCUT2D eigenvalue weighted by Gasteiger charge is 2.55. The van der Waals surface area contributed by atoms with Gasteiger partial charge in [0.15, 0.2) is 6.10 Å². The standard InChI is InChI=1S/C20H24N2O5/c1-12(18(23)21-16-3-2-4-17(8-16)22(25)26)27-19(24)20-9-13-5-14(10-20)7-15(6-13)11-20/h2-4,8,12-15H,5-7,9-11H2,1H3,(H,21,23). The number of ether oxygens (including phenoxy) is 1. The van der Waals surface area contributed by atoms with Crippen molar-refractivity contribution in [2.75, 3.05) is 5.32 Å². The van der Waals surface area contributed by atoms with Crippen LogP contribution in [-0.4, -0.2) is 22.9 Å². The lowest BCUT2D eigenvalue weighted by Crippen LogP contribution is -2.51. The van der Waals surface area contributed by atoms with Gasteiger partial charge in [-0.25, -0.2) is 0 Å². The minimum absolute atomic E-state index is 0.106. The highest BCUT2D eigenvalue weighted by atomic mass is 16.6. The van der Waals surface area contributed by atoms with Crippen molar-refractivity contribution in [2.45, 2.75) is 51.6 Å². The van der Waals surface area contributed by atoms with Crippen LogP contribution in [0.3, 0.4) is 0 Å². The van der Waals surface area contributed by atoms with Gasteiger partial charge in [0.2, 0.25) is 0 Å². The summed E-state index contributed by atoms with van der Waals surface area (Å²) in [4.78, 5) is 35.6. The summed E-state index contributed by atoms with van der Waals surface area (Å²) in [5.41, 5.74) is -0.202. The fraction of sp³-hybridized carbons (Fsp3) is 0.600. The van der Waals surface area contributed by atoms with Gasteiger partial charge in [0.25, 0.3) is 11.6 Å². The van der Waals surface area contributed by atoms with Gasteiger partial charge in [0, 0.05) is 17.8 Å². The first-order valence-electron chi connectivity index (χ1n) is 9.61. The van der Waals surface area contributed by atoms with Gasteiger partial charge in [0.05, 0.1) is 10.3 Å². The summed E-state index contributed by atoms with van der Waals surface area (Å²) < 4.78 is 5.56. The number of rotatable bonds is 5. The summed E-state index contributed by atoms with van der Waals surface area (Å²) in [5, 5.41) is 13.4. The zero-order valence-electron chi connectivity index (χ0n) is 15.3. The second kappa shape index (κ2) is 6.62. The first-order chi connectivity index (χ1) is 12.8. The first-order valence-corrected chi connectivity index (χ1v) is 9.61. The lowest BCUT2D eigenvalue weighted by molar-refractivity contribution is -0.384. The van der Waals surface area contributed by atoms with Crippen LogP contribution in [0.4, 0.5) is 11.4 Å². The predicted octanol–water partition coefficient (Wildman–Crippen LogP) is 3.68. The highest BCUT2D eigenvalue weighted by Crippen LogP contribution is 2.60. The first kappa shape index (κ1) is 17.9. The summed E-state index contributed by atoms with van der Waals surface area (Å²) in [6.07, 6.45) is 5.41. The number of carbonyl (C=O) groups is 2. The zero-order chi connectivity index (χ0) is 19.2. The predicted molar refractivity (Wildman–Crippen MR) is 97.9 cm³/mol. The molecule has 1 atom stereocenters. The Kier molecular flexibility index (Phi) is 4.40. The number of nitrogens with zero attached hydrogens (tertiary/aromatic N) is 1. The van der Waals surface area contributed by atoms with Crippen LogP contribution in [0.15, 0.2) is 24.3 Å². The fourth-order valence-corrected chi connectivity index (χ4v) is 5.64. The van der Waals surface area contributed by atoms with Gasteiger partial charge in [-0.05, 0) is 69.3 Å². The van der Waals surface area contributed by atoms with Gasteiger partial charge in [-0.2, -0.15) is 0 Å². The maximum Gasteiger partial charge on any atom is 0.312 e. The van der Waals surface area contributed by atoms with E-state index >= 15 is 0 Å². The summed E-state index contributed by atoms with van der Waals surface area (Å²) >= 11 is 0.